The molecule has 1 aromatic carbocycles. The fourth-order valence-electron chi connectivity index (χ4n) is 1.75. The number of pyridine rings is 1. The van der Waals surface area contributed by atoms with Crippen LogP contribution in [0.3, 0.4) is 0 Å². The number of hydrogen-bond acceptors (Lipinski definition) is 2. The summed E-state index contributed by atoms with van der Waals surface area (Å²) in [7, 11) is 0. The summed E-state index contributed by atoms with van der Waals surface area (Å²) in [6, 6.07) is 8.31. The molecule has 0 aliphatic carbocycles. The van der Waals surface area contributed by atoms with Crippen LogP contribution >= 0.6 is 15.9 Å². The molecule has 0 aliphatic heterocycles. The predicted molar refractivity (Wildman–Crippen MR) is 73.7 cm³/mol. The lowest BCUT2D eigenvalue weighted by Crippen LogP contribution is -2.15. The van der Waals surface area contributed by atoms with Crippen molar-refractivity contribution in [3.8, 4) is 0 Å². The van der Waals surface area contributed by atoms with E-state index in [1.54, 1.807) is 18.3 Å². The normalized spacial score (nSPS) is 12.4. The van der Waals surface area contributed by atoms with Crippen LogP contribution in [0, 0.1) is 12.7 Å². The molecule has 0 fully saturated rings. The Kier molecular flexibility index (Phi) is 4.09. The van der Waals surface area contributed by atoms with Gasteiger partial charge in [-0.25, -0.2) is 4.39 Å². The summed E-state index contributed by atoms with van der Waals surface area (Å²) in [5.74, 6) is -0.280. The Morgan fingerprint density at radius 1 is 1.33 bits per heavy atom. The molecule has 0 spiro atoms. The molecule has 18 heavy (non-hydrogen) atoms. The Bertz CT molecular complexity index is 540. The fraction of sp³-hybridized carbons (Fsp3) is 0.214. The van der Waals surface area contributed by atoms with E-state index in [0.29, 0.717) is 12.0 Å². The number of nitrogens with zero attached hydrogens (tertiary/aromatic N) is 1. The van der Waals surface area contributed by atoms with E-state index in [1.165, 1.54) is 6.07 Å². The number of aromatic nitrogens is 1. The lowest BCUT2D eigenvalue weighted by Gasteiger charge is -2.13. The van der Waals surface area contributed by atoms with E-state index in [4.69, 9.17) is 5.73 Å². The maximum atomic E-state index is 13.7. The van der Waals surface area contributed by atoms with Crippen LogP contribution in [0.15, 0.2) is 41.0 Å². The van der Waals surface area contributed by atoms with E-state index < -0.39 is 6.04 Å². The van der Waals surface area contributed by atoms with E-state index in [9.17, 15) is 4.39 Å². The van der Waals surface area contributed by atoms with Crippen LogP contribution in [-0.4, -0.2) is 4.98 Å². The summed E-state index contributed by atoms with van der Waals surface area (Å²) in [6.07, 6.45) is 2.31. The first-order chi connectivity index (χ1) is 8.56. The van der Waals surface area contributed by atoms with Crippen molar-refractivity contribution >= 4 is 15.9 Å². The highest BCUT2D eigenvalue weighted by molar-refractivity contribution is 9.10. The molecule has 94 valence electrons. The first kappa shape index (κ1) is 13.2. The first-order valence-corrected chi connectivity index (χ1v) is 6.47. The predicted octanol–water partition coefficient (Wildman–Crippen LogP) is 3.53. The maximum Gasteiger partial charge on any atom is 0.128 e. The topological polar surface area (TPSA) is 38.9 Å². The molecule has 0 saturated carbocycles. The quantitative estimate of drug-likeness (QED) is 0.942. The average molecular weight is 309 g/mol. The fourth-order valence-corrected chi connectivity index (χ4v) is 2.13. The van der Waals surface area contributed by atoms with Gasteiger partial charge in [-0.3, -0.25) is 4.98 Å². The molecule has 0 bridgehead atoms. The summed E-state index contributed by atoms with van der Waals surface area (Å²) >= 11 is 3.32. The highest BCUT2D eigenvalue weighted by Crippen LogP contribution is 2.22. The summed E-state index contributed by atoms with van der Waals surface area (Å²) < 4.78 is 14.5. The lowest BCUT2D eigenvalue weighted by atomic mass is 10.0. The van der Waals surface area contributed by atoms with Gasteiger partial charge in [-0.15, -0.1) is 0 Å². The van der Waals surface area contributed by atoms with Gasteiger partial charge in [0.25, 0.3) is 0 Å². The van der Waals surface area contributed by atoms with Crippen molar-refractivity contribution in [2.75, 3.05) is 0 Å². The minimum atomic E-state index is -0.391. The van der Waals surface area contributed by atoms with Crippen molar-refractivity contribution in [2.24, 2.45) is 5.73 Å². The molecule has 4 heteroatoms. The monoisotopic (exact) mass is 308 g/mol. The number of halogens is 2. The Balaban J connectivity index is 2.18. The zero-order valence-electron chi connectivity index (χ0n) is 10.0. The molecule has 1 aromatic heterocycles. The molecule has 0 aliphatic rings. The minimum Gasteiger partial charge on any atom is -0.324 e. The average Bonchev–Trinajstić information content (AvgIpc) is 2.35. The zero-order valence-corrected chi connectivity index (χ0v) is 11.6. The number of rotatable bonds is 3. The van der Waals surface area contributed by atoms with Crippen molar-refractivity contribution < 1.29 is 4.39 Å². The van der Waals surface area contributed by atoms with Gasteiger partial charge in [0.15, 0.2) is 0 Å². The van der Waals surface area contributed by atoms with E-state index in [0.717, 1.165) is 15.7 Å². The highest BCUT2D eigenvalue weighted by Gasteiger charge is 2.13. The number of benzene rings is 1. The molecule has 0 amide bonds. The summed E-state index contributed by atoms with van der Waals surface area (Å²) in [5.41, 5.74) is 8.51. The van der Waals surface area contributed by atoms with Gasteiger partial charge < -0.3 is 5.73 Å². The van der Waals surface area contributed by atoms with Gasteiger partial charge >= 0.3 is 0 Å². The van der Waals surface area contributed by atoms with Crippen LogP contribution in [0.2, 0.25) is 0 Å². The van der Waals surface area contributed by atoms with Crippen molar-refractivity contribution in [1.29, 1.82) is 0 Å². The van der Waals surface area contributed by atoms with Gasteiger partial charge in [0, 0.05) is 34.4 Å². The van der Waals surface area contributed by atoms with Crippen LogP contribution < -0.4 is 5.73 Å². The molecular weight excluding hydrogens is 295 g/mol. The van der Waals surface area contributed by atoms with Crippen molar-refractivity contribution in [1.82, 2.24) is 4.98 Å². The second-order valence-electron chi connectivity index (χ2n) is 4.30. The van der Waals surface area contributed by atoms with Crippen LogP contribution in [0.25, 0.3) is 0 Å². The molecular formula is C14H14BrFN2. The molecule has 2 aromatic rings. The second-order valence-corrected chi connectivity index (χ2v) is 5.22. The third kappa shape index (κ3) is 3.15. The third-order valence-corrected chi connectivity index (χ3v) is 3.25. The van der Waals surface area contributed by atoms with Crippen LogP contribution in [0.1, 0.15) is 22.9 Å². The summed E-state index contributed by atoms with van der Waals surface area (Å²) in [4.78, 5) is 4.28. The molecule has 2 N–H and O–H groups in total. The Morgan fingerprint density at radius 3 is 2.78 bits per heavy atom. The second kappa shape index (κ2) is 5.59. The molecule has 1 heterocycles. The summed E-state index contributed by atoms with van der Waals surface area (Å²) in [6.45, 7) is 1.98. The standard InChI is InChI=1S/C14H14BrFN2/c1-9-2-4-11(18-8-9)7-14(17)12-6-10(15)3-5-13(12)16/h2-6,8,14H,7,17H2,1H3. The van der Waals surface area contributed by atoms with E-state index in [-0.39, 0.29) is 5.82 Å². The Hall–Kier alpha value is -1.26. The number of hydrogen-bond donors (Lipinski definition) is 1. The zero-order chi connectivity index (χ0) is 13.1. The third-order valence-electron chi connectivity index (χ3n) is 2.76. The summed E-state index contributed by atoms with van der Waals surface area (Å²) in [5, 5.41) is 0. The van der Waals surface area contributed by atoms with E-state index in [1.807, 2.05) is 19.1 Å². The highest BCUT2D eigenvalue weighted by atomic mass is 79.9. The first-order valence-electron chi connectivity index (χ1n) is 5.68. The molecule has 2 nitrogen and oxygen atoms in total. The van der Waals surface area contributed by atoms with Crippen LogP contribution in [0.5, 0.6) is 0 Å². The largest absolute Gasteiger partial charge is 0.324 e. The van der Waals surface area contributed by atoms with Crippen molar-refractivity contribution in [3.05, 3.63) is 63.6 Å². The van der Waals surface area contributed by atoms with Gasteiger partial charge in [-0.2, -0.15) is 0 Å². The molecule has 1 unspecified atom stereocenters. The van der Waals surface area contributed by atoms with Gasteiger partial charge in [0.2, 0.25) is 0 Å². The SMILES string of the molecule is Cc1ccc(CC(N)c2cc(Br)ccc2F)nc1. The van der Waals surface area contributed by atoms with Gasteiger partial charge in [-0.1, -0.05) is 22.0 Å². The van der Waals surface area contributed by atoms with E-state index >= 15 is 0 Å². The molecule has 1 atom stereocenters. The minimum absolute atomic E-state index is 0.280. The number of aryl methyl sites for hydroxylation is 1. The van der Waals surface area contributed by atoms with Gasteiger partial charge in [0.1, 0.15) is 5.82 Å². The van der Waals surface area contributed by atoms with E-state index in [2.05, 4.69) is 20.9 Å². The lowest BCUT2D eigenvalue weighted by molar-refractivity contribution is 0.577. The van der Waals surface area contributed by atoms with Crippen molar-refractivity contribution in [2.45, 2.75) is 19.4 Å². The Morgan fingerprint density at radius 2 is 2.11 bits per heavy atom. The van der Waals surface area contributed by atoms with Crippen LogP contribution in [0.4, 0.5) is 4.39 Å². The molecule has 0 saturated heterocycles. The van der Waals surface area contributed by atoms with Crippen molar-refractivity contribution in [3.63, 3.8) is 0 Å². The van der Waals surface area contributed by atoms with Crippen LogP contribution in [-0.2, 0) is 6.42 Å². The number of nitrogens with two attached hydrogens (primary N) is 1. The Labute approximate surface area is 114 Å². The molecule has 0 radical (unpaired) electrons. The molecule has 2 rings (SSSR count). The maximum absolute atomic E-state index is 13.7. The smallest absolute Gasteiger partial charge is 0.128 e. The van der Waals surface area contributed by atoms with Gasteiger partial charge in [0.05, 0.1) is 0 Å². The van der Waals surface area contributed by atoms with Gasteiger partial charge in [-0.05, 0) is 36.8 Å².